The van der Waals surface area contributed by atoms with Crippen LogP contribution in [0, 0.1) is 0 Å². The molecule has 3 rings (SSSR count). The lowest BCUT2D eigenvalue weighted by molar-refractivity contribution is 0.251. The molecule has 1 saturated carbocycles. The van der Waals surface area contributed by atoms with Crippen molar-refractivity contribution in [2.75, 3.05) is 24.3 Å². The molecule has 0 bridgehead atoms. The van der Waals surface area contributed by atoms with Gasteiger partial charge < -0.3 is 15.5 Å². The van der Waals surface area contributed by atoms with Gasteiger partial charge in [0.2, 0.25) is 0 Å². The maximum absolute atomic E-state index is 12.0. The lowest BCUT2D eigenvalue weighted by Gasteiger charge is -2.12. The first kappa shape index (κ1) is 14.4. The van der Waals surface area contributed by atoms with Gasteiger partial charge in [-0.1, -0.05) is 30.3 Å². The molecule has 0 saturated heterocycles. The lowest BCUT2D eigenvalue weighted by Crippen LogP contribution is -2.31. The Kier molecular flexibility index (Phi) is 3.96. The number of rotatable bonds is 4. The molecule has 2 aromatic rings. The van der Waals surface area contributed by atoms with E-state index in [0.29, 0.717) is 11.6 Å². The van der Waals surface area contributed by atoms with Gasteiger partial charge in [0.15, 0.2) is 0 Å². The Morgan fingerprint density at radius 3 is 2.59 bits per heavy atom. The summed E-state index contributed by atoms with van der Waals surface area (Å²) in [7, 11) is 3.86. The summed E-state index contributed by atoms with van der Waals surface area (Å²) in [5.41, 5.74) is 1.98. The van der Waals surface area contributed by atoms with E-state index in [1.807, 2.05) is 49.3 Å². The van der Waals surface area contributed by atoms with Crippen LogP contribution >= 0.6 is 0 Å². The molecule has 2 N–H and O–H groups in total. The number of carbonyl (C=O) groups is 1. The molecular formula is C17H20N4O. The standard InChI is InChI=1S/C17H20N4O/c1-21(2)16-9-8-13(11-18-16)19-17(22)20-15-10-14(15)12-6-4-3-5-7-12/h3-9,11,14-15H,10H2,1-2H3,(H2,19,20,22)/t14-,15+/m1/s1. The smallest absolute Gasteiger partial charge is 0.319 e. The zero-order chi connectivity index (χ0) is 15.5. The maximum Gasteiger partial charge on any atom is 0.319 e. The number of nitrogens with zero attached hydrogens (tertiary/aromatic N) is 2. The highest BCUT2D eigenvalue weighted by molar-refractivity contribution is 5.89. The number of benzene rings is 1. The predicted molar refractivity (Wildman–Crippen MR) is 88.3 cm³/mol. The Hall–Kier alpha value is -2.56. The number of hydrogen-bond donors (Lipinski definition) is 2. The van der Waals surface area contributed by atoms with Gasteiger partial charge in [-0.2, -0.15) is 0 Å². The quantitative estimate of drug-likeness (QED) is 0.912. The molecule has 1 aliphatic rings. The van der Waals surface area contributed by atoms with Gasteiger partial charge in [0.25, 0.3) is 0 Å². The molecule has 2 atom stereocenters. The van der Waals surface area contributed by atoms with Crippen molar-refractivity contribution in [2.45, 2.75) is 18.4 Å². The van der Waals surface area contributed by atoms with Crippen LogP contribution in [-0.4, -0.2) is 31.2 Å². The average Bonchev–Trinajstić information content (AvgIpc) is 3.27. The monoisotopic (exact) mass is 296 g/mol. The van der Waals surface area contributed by atoms with Gasteiger partial charge in [0, 0.05) is 26.1 Å². The number of anilines is 2. The van der Waals surface area contributed by atoms with E-state index in [-0.39, 0.29) is 12.1 Å². The van der Waals surface area contributed by atoms with Crippen LogP contribution in [0.1, 0.15) is 17.9 Å². The topological polar surface area (TPSA) is 57.3 Å². The van der Waals surface area contributed by atoms with Crippen molar-refractivity contribution in [1.29, 1.82) is 0 Å². The molecular weight excluding hydrogens is 276 g/mol. The molecule has 1 fully saturated rings. The van der Waals surface area contributed by atoms with Gasteiger partial charge in [0.1, 0.15) is 5.82 Å². The summed E-state index contributed by atoms with van der Waals surface area (Å²) in [4.78, 5) is 18.2. The molecule has 0 aliphatic heterocycles. The van der Waals surface area contributed by atoms with Crippen molar-refractivity contribution in [1.82, 2.24) is 10.3 Å². The van der Waals surface area contributed by atoms with E-state index >= 15 is 0 Å². The zero-order valence-electron chi connectivity index (χ0n) is 12.8. The third-order valence-electron chi connectivity index (χ3n) is 3.80. The summed E-state index contributed by atoms with van der Waals surface area (Å²) in [6, 6.07) is 14.0. The molecule has 1 heterocycles. The fourth-order valence-corrected chi connectivity index (χ4v) is 2.48. The maximum atomic E-state index is 12.0. The molecule has 0 radical (unpaired) electrons. The van der Waals surface area contributed by atoms with E-state index in [2.05, 4.69) is 27.8 Å². The fraction of sp³-hybridized carbons (Fsp3) is 0.294. The molecule has 1 aromatic carbocycles. The first-order chi connectivity index (χ1) is 10.6. The van der Waals surface area contributed by atoms with E-state index in [1.165, 1.54) is 5.56 Å². The summed E-state index contributed by atoms with van der Waals surface area (Å²) in [6.07, 6.45) is 2.66. The van der Waals surface area contributed by atoms with Crippen molar-refractivity contribution >= 4 is 17.5 Å². The van der Waals surface area contributed by atoms with Gasteiger partial charge >= 0.3 is 6.03 Å². The first-order valence-corrected chi connectivity index (χ1v) is 7.39. The fourth-order valence-electron chi connectivity index (χ4n) is 2.48. The van der Waals surface area contributed by atoms with Crippen LogP contribution in [0.25, 0.3) is 0 Å². The average molecular weight is 296 g/mol. The van der Waals surface area contributed by atoms with Crippen LogP contribution < -0.4 is 15.5 Å². The predicted octanol–water partition coefficient (Wildman–Crippen LogP) is 2.83. The summed E-state index contributed by atoms with van der Waals surface area (Å²) >= 11 is 0. The highest BCUT2D eigenvalue weighted by atomic mass is 16.2. The molecule has 5 nitrogen and oxygen atoms in total. The number of aromatic nitrogens is 1. The van der Waals surface area contributed by atoms with Gasteiger partial charge in [-0.15, -0.1) is 0 Å². The summed E-state index contributed by atoms with van der Waals surface area (Å²) in [5, 5.41) is 5.82. The van der Waals surface area contributed by atoms with Crippen LogP contribution in [0.2, 0.25) is 0 Å². The van der Waals surface area contributed by atoms with E-state index < -0.39 is 0 Å². The van der Waals surface area contributed by atoms with Crippen LogP contribution in [0.15, 0.2) is 48.7 Å². The van der Waals surface area contributed by atoms with Crippen molar-refractivity contribution in [3.05, 3.63) is 54.2 Å². The van der Waals surface area contributed by atoms with Crippen LogP contribution in [0.5, 0.6) is 0 Å². The van der Waals surface area contributed by atoms with Crippen molar-refractivity contribution < 1.29 is 4.79 Å². The summed E-state index contributed by atoms with van der Waals surface area (Å²) < 4.78 is 0. The second kappa shape index (κ2) is 6.05. The second-order valence-electron chi connectivity index (χ2n) is 5.76. The molecule has 0 unspecified atom stereocenters. The van der Waals surface area contributed by atoms with E-state index in [9.17, 15) is 4.79 Å². The van der Waals surface area contributed by atoms with Gasteiger partial charge in [-0.05, 0) is 24.1 Å². The van der Waals surface area contributed by atoms with Gasteiger partial charge in [0.05, 0.1) is 11.9 Å². The number of pyridine rings is 1. The summed E-state index contributed by atoms with van der Waals surface area (Å²) in [6.45, 7) is 0. The Bertz CT molecular complexity index is 639. The number of amides is 2. The highest BCUT2D eigenvalue weighted by Crippen LogP contribution is 2.40. The van der Waals surface area contributed by atoms with Crippen molar-refractivity contribution in [3.8, 4) is 0 Å². The molecule has 22 heavy (non-hydrogen) atoms. The van der Waals surface area contributed by atoms with Crippen molar-refractivity contribution in [2.24, 2.45) is 0 Å². The number of carbonyl (C=O) groups excluding carboxylic acids is 1. The van der Waals surface area contributed by atoms with Crippen LogP contribution in [0.4, 0.5) is 16.3 Å². The van der Waals surface area contributed by atoms with E-state index in [4.69, 9.17) is 0 Å². The third kappa shape index (κ3) is 3.36. The number of urea groups is 1. The molecule has 0 spiro atoms. The summed E-state index contributed by atoms with van der Waals surface area (Å²) in [5.74, 6) is 1.29. The van der Waals surface area contributed by atoms with E-state index in [1.54, 1.807) is 6.20 Å². The molecule has 114 valence electrons. The Labute approximate surface area is 130 Å². The molecule has 1 aromatic heterocycles. The Balaban J connectivity index is 1.51. The minimum atomic E-state index is -0.178. The van der Waals surface area contributed by atoms with Crippen LogP contribution in [-0.2, 0) is 0 Å². The molecule has 2 amide bonds. The van der Waals surface area contributed by atoms with Gasteiger partial charge in [-0.3, -0.25) is 0 Å². The normalized spacial score (nSPS) is 19.4. The molecule has 5 heteroatoms. The minimum absolute atomic E-state index is 0.178. The number of hydrogen-bond acceptors (Lipinski definition) is 3. The third-order valence-corrected chi connectivity index (χ3v) is 3.80. The lowest BCUT2D eigenvalue weighted by atomic mass is 10.1. The zero-order valence-corrected chi connectivity index (χ0v) is 12.8. The second-order valence-corrected chi connectivity index (χ2v) is 5.76. The van der Waals surface area contributed by atoms with Crippen molar-refractivity contribution in [3.63, 3.8) is 0 Å². The molecule has 1 aliphatic carbocycles. The minimum Gasteiger partial charge on any atom is -0.363 e. The van der Waals surface area contributed by atoms with E-state index in [0.717, 1.165) is 12.2 Å². The highest BCUT2D eigenvalue weighted by Gasteiger charge is 2.39. The first-order valence-electron chi connectivity index (χ1n) is 7.39. The Morgan fingerprint density at radius 1 is 1.18 bits per heavy atom. The largest absolute Gasteiger partial charge is 0.363 e. The SMILES string of the molecule is CN(C)c1ccc(NC(=O)N[C@H]2C[C@@H]2c2ccccc2)cn1. The Morgan fingerprint density at radius 2 is 1.95 bits per heavy atom. The van der Waals surface area contributed by atoms with Crippen LogP contribution in [0.3, 0.4) is 0 Å². The van der Waals surface area contributed by atoms with Gasteiger partial charge in [-0.25, -0.2) is 9.78 Å². The number of nitrogens with one attached hydrogen (secondary N) is 2.